The van der Waals surface area contributed by atoms with Crippen molar-refractivity contribution < 1.29 is 14.3 Å². The standard InChI is InChI=1S/C16H22N2O3/c1-16(2,3)21-15(19)18-14(10-17-4)12-20-11-13-8-6-5-7-9-13/h5-9,14H,10-12H2,1-3H3,(H,18,19). The molecule has 1 amide bonds. The Balaban J connectivity index is 2.39. The summed E-state index contributed by atoms with van der Waals surface area (Å²) in [6.45, 7) is 13.2. The van der Waals surface area contributed by atoms with Gasteiger partial charge in [-0.25, -0.2) is 11.4 Å². The van der Waals surface area contributed by atoms with E-state index in [1.807, 2.05) is 30.3 Å². The summed E-state index contributed by atoms with van der Waals surface area (Å²) in [6, 6.07) is 9.37. The molecule has 114 valence electrons. The molecule has 0 spiro atoms. The average Bonchev–Trinajstić information content (AvgIpc) is 2.38. The molecule has 0 aliphatic rings. The number of hydrogen-bond donors (Lipinski definition) is 1. The highest BCUT2D eigenvalue weighted by Crippen LogP contribution is 2.07. The average molecular weight is 290 g/mol. The number of alkyl carbamates (subject to hydrolysis) is 1. The summed E-state index contributed by atoms with van der Waals surface area (Å²) in [5, 5.41) is 2.66. The summed E-state index contributed by atoms with van der Waals surface area (Å²) in [5.74, 6) is 0. The third-order valence-electron chi connectivity index (χ3n) is 2.46. The summed E-state index contributed by atoms with van der Waals surface area (Å²) in [4.78, 5) is 15.0. The SMILES string of the molecule is [C-]#[N+]CC(COCc1ccccc1)NC(=O)OC(C)(C)C. The summed E-state index contributed by atoms with van der Waals surface area (Å²) in [6.07, 6.45) is -0.528. The number of nitrogens with one attached hydrogen (secondary N) is 1. The first-order valence-electron chi connectivity index (χ1n) is 6.85. The van der Waals surface area contributed by atoms with Crippen molar-refractivity contribution in [3.8, 4) is 0 Å². The highest BCUT2D eigenvalue weighted by atomic mass is 16.6. The summed E-state index contributed by atoms with van der Waals surface area (Å²) >= 11 is 0. The van der Waals surface area contributed by atoms with Crippen molar-refractivity contribution in [1.29, 1.82) is 0 Å². The summed E-state index contributed by atoms with van der Waals surface area (Å²) in [7, 11) is 0. The van der Waals surface area contributed by atoms with Crippen LogP contribution in [-0.4, -0.2) is 30.9 Å². The van der Waals surface area contributed by atoms with Crippen LogP contribution in [0.25, 0.3) is 4.85 Å². The molecule has 0 fully saturated rings. The summed E-state index contributed by atoms with van der Waals surface area (Å²) in [5.41, 5.74) is 0.494. The minimum atomic E-state index is -0.558. The fourth-order valence-corrected chi connectivity index (χ4v) is 1.62. The zero-order chi connectivity index (χ0) is 15.7. The van der Waals surface area contributed by atoms with E-state index in [9.17, 15) is 4.79 Å². The number of benzene rings is 1. The van der Waals surface area contributed by atoms with Crippen molar-refractivity contribution in [2.75, 3.05) is 13.2 Å². The molecule has 1 rings (SSSR count). The molecule has 21 heavy (non-hydrogen) atoms. The monoisotopic (exact) mass is 290 g/mol. The molecule has 0 aliphatic heterocycles. The lowest BCUT2D eigenvalue weighted by Crippen LogP contribution is -2.42. The van der Waals surface area contributed by atoms with Gasteiger partial charge in [-0.1, -0.05) is 30.3 Å². The van der Waals surface area contributed by atoms with E-state index >= 15 is 0 Å². The first kappa shape index (κ1) is 17.0. The van der Waals surface area contributed by atoms with Crippen molar-refractivity contribution in [3.05, 3.63) is 47.3 Å². The number of carbonyl (C=O) groups excluding carboxylic acids is 1. The topological polar surface area (TPSA) is 51.9 Å². The molecule has 0 saturated heterocycles. The van der Waals surface area contributed by atoms with Gasteiger partial charge in [0.05, 0.1) is 13.2 Å². The quantitative estimate of drug-likeness (QED) is 0.819. The molecule has 0 aromatic heterocycles. The molecular formula is C16H22N2O3. The van der Waals surface area contributed by atoms with Crippen LogP contribution in [0.5, 0.6) is 0 Å². The van der Waals surface area contributed by atoms with Crippen molar-refractivity contribution in [1.82, 2.24) is 5.32 Å². The molecule has 0 aliphatic carbocycles. The Bertz CT molecular complexity index is 475. The maximum absolute atomic E-state index is 11.7. The molecule has 1 aromatic rings. The van der Waals surface area contributed by atoms with Crippen LogP contribution < -0.4 is 5.32 Å². The Kier molecular flexibility index (Phi) is 6.70. The predicted molar refractivity (Wildman–Crippen MR) is 80.7 cm³/mol. The fourth-order valence-electron chi connectivity index (χ4n) is 1.62. The van der Waals surface area contributed by atoms with Crippen LogP contribution >= 0.6 is 0 Å². The molecule has 0 bridgehead atoms. The third-order valence-corrected chi connectivity index (χ3v) is 2.46. The van der Waals surface area contributed by atoms with Gasteiger partial charge in [-0.3, -0.25) is 0 Å². The zero-order valence-electron chi connectivity index (χ0n) is 12.8. The molecular weight excluding hydrogens is 268 g/mol. The second kappa shape index (κ2) is 8.28. The Hall–Kier alpha value is -2.06. The van der Waals surface area contributed by atoms with E-state index in [2.05, 4.69) is 10.2 Å². The van der Waals surface area contributed by atoms with E-state index in [4.69, 9.17) is 16.0 Å². The largest absolute Gasteiger partial charge is 0.444 e. The molecule has 1 unspecified atom stereocenters. The first-order chi connectivity index (χ1) is 9.90. The number of amides is 1. The minimum Gasteiger partial charge on any atom is -0.444 e. The van der Waals surface area contributed by atoms with Gasteiger partial charge in [0.2, 0.25) is 6.54 Å². The van der Waals surface area contributed by atoms with Crippen molar-refractivity contribution in [3.63, 3.8) is 0 Å². The zero-order valence-corrected chi connectivity index (χ0v) is 12.8. The van der Waals surface area contributed by atoms with Gasteiger partial charge in [-0.15, -0.1) is 0 Å². The van der Waals surface area contributed by atoms with Gasteiger partial charge in [0.15, 0.2) is 0 Å². The van der Waals surface area contributed by atoms with E-state index < -0.39 is 11.7 Å². The maximum atomic E-state index is 11.7. The predicted octanol–water partition coefficient (Wildman–Crippen LogP) is 3.02. The number of hydrogen-bond acceptors (Lipinski definition) is 3. The van der Waals surface area contributed by atoms with Crippen LogP contribution in [0.2, 0.25) is 0 Å². The molecule has 1 N–H and O–H groups in total. The lowest BCUT2D eigenvalue weighted by molar-refractivity contribution is 0.0440. The highest BCUT2D eigenvalue weighted by Gasteiger charge is 2.21. The van der Waals surface area contributed by atoms with E-state index in [0.717, 1.165) is 5.56 Å². The van der Waals surface area contributed by atoms with Gasteiger partial charge < -0.3 is 19.6 Å². The lowest BCUT2D eigenvalue weighted by Gasteiger charge is -2.21. The van der Waals surface area contributed by atoms with Crippen molar-refractivity contribution in [2.45, 2.75) is 39.0 Å². The number of nitrogens with zero attached hydrogens (tertiary/aromatic N) is 1. The Morgan fingerprint density at radius 2 is 2.00 bits per heavy atom. The Morgan fingerprint density at radius 3 is 2.57 bits per heavy atom. The Labute approximate surface area is 126 Å². The minimum absolute atomic E-state index is 0.161. The van der Waals surface area contributed by atoms with E-state index in [-0.39, 0.29) is 19.2 Å². The molecule has 0 heterocycles. The molecule has 0 saturated carbocycles. The molecule has 1 atom stereocenters. The number of carbonyl (C=O) groups is 1. The van der Waals surface area contributed by atoms with Gasteiger partial charge in [-0.2, -0.15) is 0 Å². The molecule has 0 radical (unpaired) electrons. The van der Waals surface area contributed by atoms with Crippen LogP contribution in [0, 0.1) is 6.57 Å². The fraction of sp³-hybridized carbons (Fsp3) is 0.500. The smallest absolute Gasteiger partial charge is 0.408 e. The highest BCUT2D eigenvalue weighted by molar-refractivity contribution is 5.68. The van der Waals surface area contributed by atoms with E-state index in [1.165, 1.54) is 0 Å². The lowest BCUT2D eigenvalue weighted by atomic mass is 10.2. The molecule has 5 heteroatoms. The van der Waals surface area contributed by atoms with Crippen LogP contribution in [-0.2, 0) is 16.1 Å². The van der Waals surface area contributed by atoms with Gasteiger partial charge in [0.1, 0.15) is 11.6 Å². The maximum Gasteiger partial charge on any atom is 0.408 e. The molecule has 5 nitrogen and oxygen atoms in total. The van der Waals surface area contributed by atoms with Crippen molar-refractivity contribution >= 4 is 6.09 Å². The number of ether oxygens (including phenoxy) is 2. The van der Waals surface area contributed by atoms with Gasteiger partial charge in [-0.05, 0) is 26.3 Å². The second-order valence-corrected chi connectivity index (χ2v) is 5.68. The van der Waals surface area contributed by atoms with Gasteiger partial charge in [0.25, 0.3) is 0 Å². The van der Waals surface area contributed by atoms with E-state index in [0.29, 0.717) is 6.61 Å². The van der Waals surface area contributed by atoms with Crippen molar-refractivity contribution in [2.24, 2.45) is 0 Å². The first-order valence-corrected chi connectivity index (χ1v) is 6.85. The van der Waals surface area contributed by atoms with Gasteiger partial charge >= 0.3 is 6.09 Å². The second-order valence-electron chi connectivity index (χ2n) is 5.68. The van der Waals surface area contributed by atoms with Crippen LogP contribution in [0.4, 0.5) is 4.79 Å². The normalized spacial score (nSPS) is 12.3. The third kappa shape index (κ3) is 7.95. The Morgan fingerprint density at radius 1 is 1.33 bits per heavy atom. The van der Waals surface area contributed by atoms with Crippen LogP contribution in [0.3, 0.4) is 0 Å². The van der Waals surface area contributed by atoms with E-state index in [1.54, 1.807) is 20.8 Å². The summed E-state index contributed by atoms with van der Waals surface area (Å²) < 4.78 is 10.7. The molecule has 1 aromatic carbocycles. The van der Waals surface area contributed by atoms with Crippen LogP contribution in [0.1, 0.15) is 26.3 Å². The number of rotatable bonds is 6. The van der Waals surface area contributed by atoms with Gasteiger partial charge in [0, 0.05) is 0 Å². The van der Waals surface area contributed by atoms with Crippen LogP contribution in [0.15, 0.2) is 30.3 Å².